The van der Waals surface area contributed by atoms with Crippen molar-refractivity contribution in [2.24, 2.45) is 5.10 Å². The summed E-state index contributed by atoms with van der Waals surface area (Å²) in [6.45, 7) is 1.94. The summed E-state index contributed by atoms with van der Waals surface area (Å²) in [5, 5.41) is 5.04. The number of nitrogens with zero attached hydrogens (tertiary/aromatic N) is 1. The molecule has 38 heavy (non-hydrogen) atoms. The van der Waals surface area contributed by atoms with E-state index < -0.39 is 18.2 Å². The minimum atomic E-state index is -1.35. The number of benzene rings is 4. The van der Waals surface area contributed by atoms with E-state index in [4.69, 9.17) is 37.4 Å². The zero-order valence-electron chi connectivity index (χ0n) is 20.1. The van der Waals surface area contributed by atoms with Crippen molar-refractivity contribution in [3.8, 4) is 17.2 Å². The van der Waals surface area contributed by atoms with Crippen LogP contribution in [0.4, 0.5) is 0 Å². The molecule has 7 nitrogen and oxygen atoms in total. The Morgan fingerprint density at radius 1 is 0.737 bits per heavy atom. The summed E-state index contributed by atoms with van der Waals surface area (Å²) in [7, 11) is 0. The zero-order chi connectivity index (χ0) is 26.9. The van der Waals surface area contributed by atoms with Crippen molar-refractivity contribution in [3.63, 3.8) is 0 Å². The van der Waals surface area contributed by atoms with Crippen molar-refractivity contribution in [1.82, 2.24) is 5.43 Å². The molecule has 192 valence electrons. The van der Waals surface area contributed by atoms with Crippen molar-refractivity contribution in [1.29, 1.82) is 0 Å². The second-order valence-corrected chi connectivity index (χ2v) is 8.91. The standard InChI is InChI=1S/C29H22Cl2N2O5/c1-19-2-6-21(7-3-19)28(35)36-24-12-4-20(5-13-24)18-32-33-27(34)29(37-25-14-8-22(30)9-15-25)38-26-16-10-23(31)11-17-26/h2-18,29H,1H3,(H,33,34)/b32-18-. The van der Waals surface area contributed by atoms with E-state index in [1.165, 1.54) is 6.21 Å². The van der Waals surface area contributed by atoms with Crippen LogP contribution in [0, 0.1) is 6.92 Å². The lowest BCUT2D eigenvalue weighted by Crippen LogP contribution is -2.40. The third-order valence-electron chi connectivity index (χ3n) is 5.09. The smallest absolute Gasteiger partial charge is 0.343 e. The normalized spacial score (nSPS) is 10.8. The predicted molar refractivity (Wildman–Crippen MR) is 146 cm³/mol. The lowest BCUT2D eigenvalue weighted by Gasteiger charge is -2.19. The highest BCUT2D eigenvalue weighted by atomic mass is 35.5. The van der Waals surface area contributed by atoms with Crippen LogP contribution in [-0.2, 0) is 4.79 Å². The Morgan fingerprint density at radius 3 is 1.76 bits per heavy atom. The molecule has 0 saturated heterocycles. The average Bonchev–Trinajstić information content (AvgIpc) is 2.92. The molecule has 0 aromatic heterocycles. The Hall–Kier alpha value is -4.33. The predicted octanol–water partition coefficient (Wildman–Crippen LogP) is 6.46. The van der Waals surface area contributed by atoms with Gasteiger partial charge in [-0.2, -0.15) is 5.10 Å². The molecule has 1 amide bonds. The minimum Gasteiger partial charge on any atom is -0.446 e. The molecule has 4 aromatic carbocycles. The van der Waals surface area contributed by atoms with Crippen LogP contribution in [0.15, 0.2) is 102 Å². The highest BCUT2D eigenvalue weighted by Crippen LogP contribution is 2.21. The van der Waals surface area contributed by atoms with Gasteiger partial charge in [-0.1, -0.05) is 40.9 Å². The van der Waals surface area contributed by atoms with E-state index in [-0.39, 0.29) is 0 Å². The number of esters is 1. The Morgan fingerprint density at radius 2 is 1.24 bits per heavy atom. The maximum atomic E-state index is 12.8. The van der Waals surface area contributed by atoms with Crippen molar-refractivity contribution in [3.05, 3.63) is 124 Å². The first-order chi connectivity index (χ1) is 18.4. The topological polar surface area (TPSA) is 86.2 Å². The van der Waals surface area contributed by atoms with Crippen LogP contribution in [0.5, 0.6) is 17.2 Å². The molecule has 0 radical (unpaired) electrons. The number of rotatable bonds is 9. The van der Waals surface area contributed by atoms with Gasteiger partial charge in [-0.15, -0.1) is 0 Å². The fourth-order valence-electron chi connectivity index (χ4n) is 3.11. The molecule has 9 heteroatoms. The quantitative estimate of drug-likeness (QED) is 0.0852. The molecule has 0 saturated carbocycles. The molecule has 0 spiro atoms. The SMILES string of the molecule is Cc1ccc(C(=O)Oc2ccc(/C=N\NC(=O)C(Oc3ccc(Cl)cc3)Oc3ccc(Cl)cc3)cc2)cc1. The average molecular weight is 549 g/mol. The van der Waals surface area contributed by atoms with Gasteiger partial charge in [0, 0.05) is 10.0 Å². The van der Waals surface area contributed by atoms with Crippen molar-refractivity contribution >= 4 is 41.3 Å². The van der Waals surface area contributed by atoms with E-state index in [1.807, 2.05) is 19.1 Å². The third kappa shape index (κ3) is 7.83. The van der Waals surface area contributed by atoms with Crippen LogP contribution in [0.3, 0.4) is 0 Å². The summed E-state index contributed by atoms with van der Waals surface area (Å²) in [6.07, 6.45) is 0.0866. The van der Waals surface area contributed by atoms with Crippen LogP contribution in [0.25, 0.3) is 0 Å². The summed E-state index contributed by atoms with van der Waals surface area (Å²) < 4.78 is 16.8. The van der Waals surface area contributed by atoms with Gasteiger partial charge in [0.05, 0.1) is 11.8 Å². The van der Waals surface area contributed by atoms with Gasteiger partial charge in [-0.25, -0.2) is 10.2 Å². The Bertz CT molecular complexity index is 1360. The van der Waals surface area contributed by atoms with E-state index in [1.54, 1.807) is 84.9 Å². The van der Waals surface area contributed by atoms with Crippen molar-refractivity contribution < 1.29 is 23.8 Å². The number of nitrogens with one attached hydrogen (secondary N) is 1. The van der Waals surface area contributed by atoms with Crippen LogP contribution in [-0.4, -0.2) is 24.4 Å². The summed E-state index contributed by atoms with van der Waals surface area (Å²) in [6, 6.07) is 26.7. The summed E-state index contributed by atoms with van der Waals surface area (Å²) in [5.74, 6) is 0.0389. The molecule has 0 heterocycles. The van der Waals surface area contributed by atoms with Gasteiger partial charge in [0.25, 0.3) is 0 Å². The highest BCUT2D eigenvalue weighted by Gasteiger charge is 2.22. The van der Waals surface area contributed by atoms with Crippen LogP contribution in [0.2, 0.25) is 10.0 Å². The van der Waals surface area contributed by atoms with Crippen molar-refractivity contribution in [2.75, 3.05) is 0 Å². The largest absolute Gasteiger partial charge is 0.446 e. The first-order valence-corrected chi connectivity index (χ1v) is 12.2. The molecule has 4 aromatic rings. The number of carbonyl (C=O) groups is 2. The molecule has 4 rings (SSSR count). The fourth-order valence-corrected chi connectivity index (χ4v) is 3.36. The molecule has 0 atom stereocenters. The molecule has 0 fully saturated rings. The number of halogens is 2. The third-order valence-corrected chi connectivity index (χ3v) is 5.60. The molecule has 0 aliphatic rings. The molecular formula is C29H22Cl2N2O5. The minimum absolute atomic E-state index is 0.378. The number of hydrogen-bond donors (Lipinski definition) is 1. The van der Waals surface area contributed by atoms with Gasteiger partial charge >= 0.3 is 18.2 Å². The van der Waals surface area contributed by atoms with Gasteiger partial charge in [0.15, 0.2) is 0 Å². The van der Waals surface area contributed by atoms with Crippen LogP contribution in [0.1, 0.15) is 21.5 Å². The van der Waals surface area contributed by atoms with Gasteiger partial charge in [-0.3, -0.25) is 4.79 Å². The number of hydrazone groups is 1. The molecule has 0 bridgehead atoms. The second kappa shape index (κ2) is 12.8. The Labute approximate surface area is 229 Å². The first kappa shape index (κ1) is 26.7. The first-order valence-electron chi connectivity index (χ1n) is 11.4. The van der Waals surface area contributed by atoms with Gasteiger partial charge in [-0.05, 0) is 97.4 Å². The van der Waals surface area contributed by atoms with Crippen LogP contribution >= 0.6 is 23.2 Å². The molecule has 0 aliphatic carbocycles. The molecular weight excluding hydrogens is 527 g/mol. The van der Waals surface area contributed by atoms with E-state index in [2.05, 4.69) is 10.5 Å². The van der Waals surface area contributed by atoms with Gasteiger partial charge < -0.3 is 14.2 Å². The number of amides is 1. The van der Waals surface area contributed by atoms with E-state index in [9.17, 15) is 9.59 Å². The Balaban J connectivity index is 1.37. The Kier molecular flexibility index (Phi) is 8.98. The number of hydrogen-bond acceptors (Lipinski definition) is 6. The van der Waals surface area contributed by atoms with Gasteiger partial charge in [0.1, 0.15) is 17.2 Å². The van der Waals surface area contributed by atoms with E-state index in [0.29, 0.717) is 38.4 Å². The summed E-state index contributed by atoms with van der Waals surface area (Å²) >= 11 is 11.9. The number of ether oxygens (including phenoxy) is 3. The van der Waals surface area contributed by atoms with E-state index in [0.717, 1.165) is 5.56 Å². The highest BCUT2D eigenvalue weighted by molar-refractivity contribution is 6.30. The molecule has 0 aliphatic heterocycles. The number of aryl methyl sites for hydroxylation is 1. The van der Waals surface area contributed by atoms with E-state index >= 15 is 0 Å². The summed E-state index contributed by atoms with van der Waals surface area (Å²) in [4.78, 5) is 25.1. The zero-order valence-corrected chi connectivity index (χ0v) is 21.6. The summed E-state index contributed by atoms with van der Waals surface area (Å²) in [5.41, 5.74) is 4.58. The number of carbonyl (C=O) groups excluding carboxylic acids is 2. The van der Waals surface area contributed by atoms with Crippen LogP contribution < -0.4 is 19.6 Å². The van der Waals surface area contributed by atoms with Gasteiger partial charge in [0.2, 0.25) is 0 Å². The second-order valence-electron chi connectivity index (χ2n) is 8.03. The fraction of sp³-hybridized carbons (Fsp3) is 0.0690. The molecule has 1 N–H and O–H groups in total. The maximum Gasteiger partial charge on any atom is 0.343 e. The lowest BCUT2D eigenvalue weighted by atomic mass is 10.1. The monoisotopic (exact) mass is 548 g/mol. The van der Waals surface area contributed by atoms with Crippen molar-refractivity contribution in [2.45, 2.75) is 13.2 Å². The molecule has 0 unspecified atom stereocenters. The lowest BCUT2D eigenvalue weighted by molar-refractivity contribution is -0.140. The maximum absolute atomic E-state index is 12.8.